The Bertz CT molecular complexity index is 902. The van der Waals surface area contributed by atoms with Gasteiger partial charge in [-0.3, -0.25) is 0 Å². The molecule has 5 rings (SSSR count). The maximum absolute atomic E-state index is 2.48. The topological polar surface area (TPSA) is 0 Å². The quantitative estimate of drug-likeness (QED) is 0.469. The highest BCUT2D eigenvalue weighted by atomic mass is 14.5. The highest BCUT2D eigenvalue weighted by Crippen LogP contribution is 2.53. The average molecular weight is 341 g/mol. The molecule has 1 unspecified atom stereocenters. The van der Waals surface area contributed by atoms with E-state index in [0.29, 0.717) is 0 Å². The first-order valence-electron chi connectivity index (χ1n) is 10.5. The first kappa shape index (κ1) is 16.1. The minimum Gasteiger partial charge on any atom is -0.0622 e. The van der Waals surface area contributed by atoms with Crippen LogP contribution in [0.25, 0.3) is 10.8 Å². The summed E-state index contributed by atoms with van der Waals surface area (Å²) in [6.07, 6.45) is 10.9. The van der Waals surface area contributed by atoms with Crippen molar-refractivity contribution in [3.63, 3.8) is 0 Å². The molecule has 132 valence electrons. The molecule has 0 N–H and O–H groups in total. The van der Waals surface area contributed by atoms with Gasteiger partial charge in [-0.1, -0.05) is 86.0 Å². The van der Waals surface area contributed by atoms with Gasteiger partial charge in [0.15, 0.2) is 0 Å². The summed E-state index contributed by atoms with van der Waals surface area (Å²) in [7, 11) is 0. The Labute approximate surface area is 157 Å². The molecule has 1 atom stereocenters. The van der Waals surface area contributed by atoms with Crippen molar-refractivity contribution in [2.45, 2.75) is 56.8 Å². The van der Waals surface area contributed by atoms with Crippen LogP contribution in [0.4, 0.5) is 0 Å². The van der Waals surface area contributed by atoms with E-state index in [1.54, 1.807) is 16.7 Å². The summed E-state index contributed by atoms with van der Waals surface area (Å²) in [5.74, 6) is 0.791. The Balaban J connectivity index is 1.78. The fourth-order valence-corrected chi connectivity index (χ4v) is 5.99. The van der Waals surface area contributed by atoms with Crippen molar-refractivity contribution in [2.24, 2.45) is 5.92 Å². The Morgan fingerprint density at radius 3 is 2.31 bits per heavy atom. The highest BCUT2D eigenvalue weighted by molar-refractivity contribution is 5.87. The predicted octanol–water partition coefficient (Wildman–Crippen LogP) is 7.04. The van der Waals surface area contributed by atoms with E-state index in [2.05, 4.69) is 66.7 Å². The molecule has 0 amide bonds. The van der Waals surface area contributed by atoms with Crippen LogP contribution in [-0.4, -0.2) is 0 Å². The number of fused-ring (bicyclic) bond motifs is 3. The monoisotopic (exact) mass is 340 g/mol. The van der Waals surface area contributed by atoms with E-state index in [1.165, 1.54) is 62.1 Å². The maximum atomic E-state index is 2.48. The molecule has 0 aromatic heterocycles. The second-order valence-corrected chi connectivity index (χ2v) is 8.34. The zero-order chi connectivity index (χ0) is 17.4. The van der Waals surface area contributed by atoms with Gasteiger partial charge < -0.3 is 0 Å². The summed E-state index contributed by atoms with van der Waals surface area (Å²) in [4.78, 5) is 0. The van der Waals surface area contributed by atoms with Crippen LogP contribution in [0, 0.1) is 5.92 Å². The number of aryl methyl sites for hydroxylation is 1. The van der Waals surface area contributed by atoms with E-state index in [-0.39, 0.29) is 5.41 Å². The largest absolute Gasteiger partial charge is 0.0622 e. The van der Waals surface area contributed by atoms with Gasteiger partial charge in [0, 0.05) is 5.41 Å². The fourth-order valence-electron chi connectivity index (χ4n) is 5.99. The Hall–Kier alpha value is -2.08. The van der Waals surface area contributed by atoms with Crippen LogP contribution in [0.5, 0.6) is 0 Å². The Morgan fingerprint density at radius 1 is 0.692 bits per heavy atom. The van der Waals surface area contributed by atoms with Crippen LogP contribution < -0.4 is 0 Å². The first-order valence-corrected chi connectivity index (χ1v) is 10.5. The van der Waals surface area contributed by atoms with E-state index in [0.717, 1.165) is 5.92 Å². The van der Waals surface area contributed by atoms with Gasteiger partial charge in [-0.05, 0) is 65.5 Å². The molecule has 2 aliphatic rings. The van der Waals surface area contributed by atoms with Gasteiger partial charge in [0.2, 0.25) is 0 Å². The van der Waals surface area contributed by atoms with Gasteiger partial charge in [-0.25, -0.2) is 0 Å². The highest BCUT2D eigenvalue weighted by Gasteiger charge is 2.44. The van der Waals surface area contributed by atoms with E-state index < -0.39 is 0 Å². The molecule has 0 bridgehead atoms. The SMILES string of the molecule is c1ccc(C2(C3CCCCC3)CCCc3c2ccc2ccccc32)cc1. The van der Waals surface area contributed by atoms with Gasteiger partial charge in [0.05, 0.1) is 0 Å². The van der Waals surface area contributed by atoms with Crippen LogP contribution in [0.15, 0.2) is 66.7 Å². The number of benzene rings is 3. The molecule has 1 saturated carbocycles. The molecule has 26 heavy (non-hydrogen) atoms. The number of hydrogen-bond donors (Lipinski definition) is 0. The van der Waals surface area contributed by atoms with E-state index in [1.807, 2.05) is 0 Å². The summed E-state index contributed by atoms with van der Waals surface area (Å²) in [5, 5.41) is 2.89. The summed E-state index contributed by atoms with van der Waals surface area (Å²) in [6, 6.07) is 25.3. The molecule has 3 aromatic carbocycles. The molecule has 0 heterocycles. The summed E-state index contributed by atoms with van der Waals surface area (Å²) >= 11 is 0. The second kappa shape index (κ2) is 6.58. The lowest BCUT2D eigenvalue weighted by molar-refractivity contribution is 0.214. The molecule has 0 saturated heterocycles. The molecular weight excluding hydrogens is 312 g/mol. The molecule has 2 aliphatic carbocycles. The molecular formula is C26H28. The van der Waals surface area contributed by atoms with Crippen LogP contribution >= 0.6 is 0 Å². The lowest BCUT2D eigenvalue weighted by Gasteiger charge is -2.47. The molecule has 0 radical (unpaired) electrons. The van der Waals surface area contributed by atoms with Crippen molar-refractivity contribution < 1.29 is 0 Å². The van der Waals surface area contributed by atoms with Gasteiger partial charge >= 0.3 is 0 Å². The van der Waals surface area contributed by atoms with Crippen molar-refractivity contribution in [3.05, 3.63) is 83.4 Å². The van der Waals surface area contributed by atoms with E-state index >= 15 is 0 Å². The van der Waals surface area contributed by atoms with Crippen LogP contribution in [0.3, 0.4) is 0 Å². The predicted molar refractivity (Wildman–Crippen MR) is 111 cm³/mol. The normalized spacial score (nSPS) is 23.7. The number of rotatable bonds is 2. The van der Waals surface area contributed by atoms with Gasteiger partial charge in [-0.2, -0.15) is 0 Å². The summed E-state index contributed by atoms with van der Waals surface area (Å²) in [5.41, 5.74) is 5.05. The number of hydrogen-bond acceptors (Lipinski definition) is 0. The molecule has 3 aromatic rings. The summed E-state index contributed by atoms with van der Waals surface area (Å²) < 4.78 is 0. The lowest BCUT2D eigenvalue weighted by atomic mass is 9.56. The Morgan fingerprint density at radius 2 is 1.46 bits per heavy atom. The zero-order valence-corrected chi connectivity index (χ0v) is 15.6. The third-order valence-corrected chi connectivity index (χ3v) is 7.11. The van der Waals surface area contributed by atoms with Crippen molar-refractivity contribution in [3.8, 4) is 0 Å². The zero-order valence-electron chi connectivity index (χ0n) is 15.6. The van der Waals surface area contributed by atoms with Gasteiger partial charge in [-0.15, -0.1) is 0 Å². The van der Waals surface area contributed by atoms with Gasteiger partial charge in [0.25, 0.3) is 0 Å². The van der Waals surface area contributed by atoms with Crippen LogP contribution in [-0.2, 0) is 11.8 Å². The lowest BCUT2D eigenvalue weighted by Crippen LogP contribution is -2.41. The fraction of sp³-hybridized carbons (Fsp3) is 0.385. The second-order valence-electron chi connectivity index (χ2n) is 8.34. The third-order valence-electron chi connectivity index (χ3n) is 7.11. The van der Waals surface area contributed by atoms with Crippen molar-refractivity contribution in [1.82, 2.24) is 0 Å². The third kappa shape index (κ3) is 2.42. The molecule has 1 fully saturated rings. The molecule has 0 nitrogen and oxygen atoms in total. The molecule has 0 spiro atoms. The van der Waals surface area contributed by atoms with Crippen molar-refractivity contribution in [1.29, 1.82) is 0 Å². The van der Waals surface area contributed by atoms with E-state index in [9.17, 15) is 0 Å². The molecule has 0 heteroatoms. The Kier molecular flexibility index (Phi) is 4.08. The molecule has 0 aliphatic heterocycles. The van der Waals surface area contributed by atoms with Crippen molar-refractivity contribution in [2.75, 3.05) is 0 Å². The van der Waals surface area contributed by atoms with Crippen LogP contribution in [0.1, 0.15) is 61.6 Å². The first-order chi connectivity index (χ1) is 12.9. The van der Waals surface area contributed by atoms with Gasteiger partial charge in [0.1, 0.15) is 0 Å². The van der Waals surface area contributed by atoms with Crippen LogP contribution in [0.2, 0.25) is 0 Å². The standard InChI is InChI=1S/C26H28/c1-3-11-21(12-4-1)26(22-13-5-2-6-14-22)19-9-16-24-23-15-8-7-10-20(23)17-18-25(24)26/h1,3-4,7-8,10-12,15,17-18,22H,2,5-6,9,13-14,16,19H2. The van der Waals surface area contributed by atoms with E-state index in [4.69, 9.17) is 0 Å². The smallest absolute Gasteiger partial charge is 0.0234 e. The minimum atomic E-state index is 0.222. The average Bonchev–Trinajstić information content (AvgIpc) is 2.74. The summed E-state index contributed by atoms with van der Waals surface area (Å²) in [6.45, 7) is 0. The minimum absolute atomic E-state index is 0.222. The van der Waals surface area contributed by atoms with Crippen molar-refractivity contribution >= 4 is 10.8 Å². The maximum Gasteiger partial charge on any atom is 0.0234 e.